The van der Waals surface area contributed by atoms with Crippen molar-refractivity contribution in [3.8, 4) is 0 Å². The van der Waals surface area contributed by atoms with E-state index < -0.39 is 23.4 Å². The van der Waals surface area contributed by atoms with Crippen LogP contribution in [0.15, 0.2) is 71.7 Å². The molecule has 2 heterocycles. The second kappa shape index (κ2) is 7.36. The van der Waals surface area contributed by atoms with E-state index in [2.05, 4.69) is 5.32 Å². The van der Waals surface area contributed by atoms with Crippen molar-refractivity contribution >= 4 is 34.4 Å². The molecule has 0 atom stereocenters. The molecule has 0 radical (unpaired) electrons. The van der Waals surface area contributed by atoms with Gasteiger partial charge in [-0.25, -0.2) is 8.78 Å². The maximum atomic E-state index is 13.5. The van der Waals surface area contributed by atoms with Crippen molar-refractivity contribution < 1.29 is 18.4 Å². The fourth-order valence-corrected chi connectivity index (χ4v) is 3.74. The first-order valence-electron chi connectivity index (χ1n) is 8.44. The van der Waals surface area contributed by atoms with Gasteiger partial charge in [0.05, 0.1) is 12.1 Å². The number of amides is 2. The molecule has 1 N–H and O–H groups in total. The molecule has 7 heteroatoms. The van der Waals surface area contributed by atoms with Crippen LogP contribution in [0, 0.1) is 11.6 Å². The standard InChI is InChI=1S/C21H14F2N2O2S/c22-14-8-6-13(7-9-14)12-25-20(26)18(17-5-2-10-28-17)19(21(25)27)24-16-4-1-3-15(23)11-16/h1-11,24H,12H2. The van der Waals surface area contributed by atoms with E-state index in [9.17, 15) is 18.4 Å². The number of thiophene rings is 1. The van der Waals surface area contributed by atoms with Crippen LogP contribution in [0.5, 0.6) is 0 Å². The minimum Gasteiger partial charge on any atom is -0.350 e. The van der Waals surface area contributed by atoms with E-state index in [-0.39, 0.29) is 17.8 Å². The zero-order chi connectivity index (χ0) is 19.7. The summed E-state index contributed by atoms with van der Waals surface area (Å²) >= 11 is 1.33. The molecule has 0 fully saturated rings. The smallest absolute Gasteiger partial charge is 0.278 e. The first-order valence-corrected chi connectivity index (χ1v) is 9.32. The van der Waals surface area contributed by atoms with Gasteiger partial charge in [0.2, 0.25) is 0 Å². The first-order chi connectivity index (χ1) is 13.5. The van der Waals surface area contributed by atoms with Gasteiger partial charge in [-0.3, -0.25) is 14.5 Å². The third kappa shape index (κ3) is 3.44. The zero-order valence-corrected chi connectivity index (χ0v) is 15.3. The van der Waals surface area contributed by atoms with E-state index in [1.807, 2.05) is 5.38 Å². The summed E-state index contributed by atoms with van der Waals surface area (Å²) in [5, 5.41) is 4.71. The molecule has 28 heavy (non-hydrogen) atoms. The number of anilines is 1. The fourth-order valence-electron chi connectivity index (χ4n) is 2.97. The highest BCUT2D eigenvalue weighted by Crippen LogP contribution is 2.33. The summed E-state index contributed by atoms with van der Waals surface area (Å²) < 4.78 is 26.7. The number of imide groups is 1. The third-order valence-corrected chi connectivity index (χ3v) is 5.17. The summed E-state index contributed by atoms with van der Waals surface area (Å²) in [4.78, 5) is 27.8. The van der Waals surface area contributed by atoms with Crippen molar-refractivity contribution in [3.05, 3.63) is 93.8 Å². The predicted octanol–water partition coefficient (Wildman–Crippen LogP) is 4.42. The molecule has 4 rings (SSSR count). The lowest BCUT2D eigenvalue weighted by atomic mass is 10.2. The van der Waals surface area contributed by atoms with E-state index in [1.165, 1.54) is 53.8 Å². The van der Waals surface area contributed by atoms with Crippen molar-refractivity contribution in [3.63, 3.8) is 0 Å². The highest BCUT2D eigenvalue weighted by Gasteiger charge is 2.39. The topological polar surface area (TPSA) is 49.4 Å². The number of benzene rings is 2. The molecule has 1 aliphatic rings. The van der Waals surface area contributed by atoms with Gasteiger partial charge in [0.1, 0.15) is 17.3 Å². The number of hydrogen-bond donors (Lipinski definition) is 1. The maximum absolute atomic E-state index is 13.5. The molecule has 0 unspecified atom stereocenters. The van der Waals surface area contributed by atoms with Crippen LogP contribution in [0.25, 0.3) is 5.57 Å². The van der Waals surface area contributed by atoms with Crippen molar-refractivity contribution in [1.82, 2.24) is 4.90 Å². The van der Waals surface area contributed by atoms with Crippen molar-refractivity contribution in [2.45, 2.75) is 6.54 Å². The molecule has 140 valence electrons. The lowest BCUT2D eigenvalue weighted by Crippen LogP contribution is -2.31. The summed E-state index contributed by atoms with van der Waals surface area (Å²) in [6, 6.07) is 14.8. The third-order valence-electron chi connectivity index (χ3n) is 4.28. The summed E-state index contributed by atoms with van der Waals surface area (Å²) in [5.74, 6) is -1.81. The summed E-state index contributed by atoms with van der Waals surface area (Å²) in [6.07, 6.45) is 0. The van der Waals surface area contributed by atoms with E-state index in [1.54, 1.807) is 18.2 Å². The van der Waals surface area contributed by atoms with Gasteiger partial charge in [0.15, 0.2) is 0 Å². The van der Waals surface area contributed by atoms with E-state index in [0.717, 1.165) is 4.90 Å². The van der Waals surface area contributed by atoms with Gasteiger partial charge in [-0.1, -0.05) is 24.3 Å². The van der Waals surface area contributed by atoms with Crippen LogP contribution < -0.4 is 5.32 Å². The lowest BCUT2D eigenvalue weighted by molar-refractivity contribution is -0.137. The molecule has 0 aliphatic carbocycles. The Morgan fingerprint density at radius 1 is 0.893 bits per heavy atom. The highest BCUT2D eigenvalue weighted by atomic mass is 32.1. The van der Waals surface area contributed by atoms with Crippen LogP contribution >= 0.6 is 11.3 Å². The number of carbonyl (C=O) groups excluding carboxylic acids is 2. The minimum atomic E-state index is -0.512. The predicted molar refractivity (Wildman–Crippen MR) is 103 cm³/mol. The van der Waals surface area contributed by atoms with E-state index in [0.29, 0.717) is 16.1 Å². The highest BCUT2D eigenvalue weighted by molar-refractivity contribution is 7.11. The second-order valence-electron chi connectivity index (χ2n) is 6.19. The van der Waals surface area contributed by atoms with Crippen LogP contribution in [0.2, 0.25) is 0 Å². The Balaban J connectivity index is 1.70. The molecule has 4 nitrogen and oxygen atoms in total. The number of halogens is 2. The lowest BCUT2D eigenvalue weighted by Gasteiger charge is -2.15. The average Bonchev–Trinajstić information content (AvgIpc) is 3.27. The normalized spacial score (nSPS) is 14.1. The van der Waals surface area contributed by atoms with Crippen LogP contribution in [0.1, 0.15) is 10.4 Å². The van der Waals surface area contributed by atoms with Crippen LogP contribution in [-0.4, -0.2) is 16.7 Å². The molecule has 3 aromatic rings. The summed E-state index contributed by atoms with van der Waals surface area (Å²) in [7, 11) is 0. The van der Waals surface area contributed by atoms with Crippen LogP contribution in [-0.2, 0) is 16.1 Å². The largest absolute Gasteiger partial charge is 0.350 e. The Morgan fingerprint density at radius 3 is 2.36 bits per heavy atom. The second-order valence-corrected chi connectivity index (χ2v) is 7.13. The van der Waals surface area contributed by atoms with Crippen molar-refractivity contribution in [2.24, 2.45) is 0 Å². The van der Waals surface area contributed by atoms with Gasteiger partial charge in [-0.05, 0) is 47.3 Å². The fraction of sp³-hybridized carbons (Fsp3) is 0.0476. The Kier molecular flexibility index (Phi) is 4.75. The molecule has 1 aliphatic heterocycles. The number of carbonyl (C=O) groups is 2. The van der Waals surface area contributed by atoms with Gasteiger partial charge < -0.3 is 5.32 Å². The van der Waals surface area contributed by atoms with Gasteiger partial charge in [-0.15, -0.1) is 11.3 Å². The Hall–Kier alpha value is -3.32. The molecular formula is C21H14F2N2O2S. The van der Waals surface area contributed by atoms with Gasteiger partial charge in [0.25, 0.3) is 11.8 Å². The SMILES string of the molecule is O=C1C(Nc2cccc(F)c2)=C(c2cccs2)C(=O)N1Cc1ccc(F)cc1. The Morgan fingerprint density at radius 2 is 1.68 bits per heavy atom. The van der Waals surface area contributed by atoms with E-state index in [4.69, 9.17) is 0 Å². The molecule has 0 saturated heterocycles. The van der Waals surface area contributed by atoms with Crippen molar-refractivity contribution in [1.29, 1.82) is 0 Å². The number of nitrogens with one attached hydrogen (secondary N) is 1. The molecule has 0 bridgehead atoms. The maximum Gasteiger partial charge on any atom is 0.278 e. The van der Waals surface area contributed by atoms with Crippen LogP contribution in [0.3, 0.4) is 0 Å². The number of rotatable bonds is 5. The van der Waals surface area contributed by atoms with Gasteiger partial charge >= 0.3 is 0 Å². The van der Waals surface area contributed by atoms with Crippen molar-refractivity contribution in [2.75, 3.05) is 5.32 Å². The van der Waals surface area contributed by atoms with E-state index >= 15 is 0 Å². The molecule has 0 spiro atoms. The number of nitrogens with zero attached hydrogens (tertiary/aromatic N) is 1. The molecule has 2 aromatic carbocycles. The minimum absolute atomic E-state index is 0.0150. The molecule has 2 amide bonds. The Bertz CT molecular complexity index is 1080. The number of hydrogen-bond acceptors (Lipinski definition) is 4. The first kappa shape index (κ1) is 18.1. The van der Waals surface area contributed by atoms with Gasteiger partial charge in [0, 0.05) is 10.6 Å². The Labute approximate surface area is 163 Å². The molecule has 0 saturated carbocycles. The molecular weight excluding hydrogens is 382 g/mol. The quantitative estimate of drug-likeness (QED) is 0.650. The van der Waals surface area contributed by atoms with Gasteiger partial charge in [-0.2, -0.15) is 0 Å². The monoisotopic (exact) mass is 396 g/mol. The summed E-state index contributed by atoms with van der Waals surface area (Å²) in [6.45, 7) is 0.0150. The zero-order valence-electron chi connectivity index (χ0n) is 14.5. The average molecular weight is 396 g/mol. The molecule has 1 aromatic heterocycles. The van der Waals surface area contributed by atoms with Crippen LogP contribution in [0.4, 0.5) is 14.5 Å². The summed E-state index contributed by atoms with van der Waals surface area (Å²) in [5.41, 5.74) is 1.33.